The molecule has 1 heterocycles. The lowest BCUT2D eigenvalue weighted by molar-refractivity contribution is 0.450. The Labute approximate surface area is 84.7 Å². The molecule has 1 saturated heterocycles. The molecular weight excluding hydrogens is 178 g/mol. The molecule has 1 unspecified atom stereocenters. The van der Waals surface area contributed by atoms with Crippen LogP contribution in [0.1, 0.15) is 13.8 Å². The molecule has 2 rings (SSSR count). The average Bonchev–Trinajstić information content (AvgIpc) is 2.44. The summed E-state index contributed by atoms with van der Waals surface area (Å²) in [5.41, 5.74) is 1.55. The summed E-state index contributed by atoms with van der Waals surface area (Å²) in [4.78, 5) is 0. The fourth-order valence-corrected chi connectivity index (χ4v) is 3.26. The molecular formula is C11H17NS. The zero-order valence-corrected chi connectivity index (χ0v) is 9.10. The zero-order valence-electron chi connectivity index (χ0n) is 8.29. The predicted octanol–water partition coefficient (Wildman–Crippen LogP) is 2.21. The third kappa shape index (κ3) is 2.00. The van der Waals surface area contributed by atoms with Crippen molar-refractivity contribution in [1.82, 2.24) is 5.32 Å². The molecule has 1 aliphatic heterocycles. The molecule has 1 nitrogen and oxygen atoms in total. The van der Waals surface area contributed by atoms with Crippen molar-refractivity contribution in [3.05, 3.63) is 23.8 Å². The summed E-state index contributed by atoms with van der Waals surface area (Å²) in [5.74, 6) is 1.99. The van der Waals surface area contributed by atoms with Crippen LogP contribution >= 0.6 is 11.8 Å². The number of hydrogen-bond acceptors (Lipinski definition) is 2. The number of allylic oxidation sites excluding steroid dienone is 2. The minimum atomic E-state index is 0.663. The van der Waals surface area contributed by atoms with E-state index >= 15 is 0 Å². The number of hydrogen-bond donors (Lipinski definition) is 1. The van der Waals surface area contributed by atoms with E-state index in [1.807, 2.05) is 0 Å². The molecule has 1 aliphatic carbocycles. The molecule has 0 aromatic heterocycles. The highest BCUT2D eigenvalue weighted by atomic mass is 32.2. The second-order valence-corrected chi connectivity index (χ2v) is 5.29. The van der Waals surface area contributed by atoms with Gasteiger partial charge in [-0.3, -0.25) is 0 Å². The smallest absolute Gasteiger partial charge is 0.0456 e. The standard InChI is InChI=1S/C11H17NS/c1-8(2)10-7-13-11-5-3-4-9(11)6-12-10/h3-5,8,10-12H,6-7H2,1-2H3/t10-,11?/m1/s1. The van der Waals surface area contributed by atoms with E-state index in [0.29, 0.717) is 11.3 Å². The average molecular weight is 195 g/mol. The number of rotatable bonds is 1. The second kappa shape index (κ2) is 3.89. The van der Waals surface area contributed by atoms with Crippen molar-refractivity contribution in [2.45, 2.75) is 25.1 Å². The lowest BCUT2D eigenvalue weighted by Crippen LogP contribution is -2.35. The summed E-state index contributed by atoms with van der Waals surface area (Å²) < 4.78 is 0. The van der Waals surface area contributed by atoms with E-state index < -0.39 is 0 Å². The highest BCUT2D eigenvalue weighted by Gasteiger charge is 2.23. The summed E-state index contributed by atoms with van der Waals surface area (Å²) in [6, 6.07) is 0.685. The molecule has 0 bridgehead atoms. The van der Waals surface area contributed by atoms with E-state index in [9.17, 15) is 0 Å². The first-order valence-electron chi connectivity index (χ1n) is 4.99. The summed E-state index contributed by atoms with van der Waals surface area (Å²) in [5, 5.41) is 4.29. The van der Waals surface area contributed by atoms with E-state index in [2.05, 4.69) is 49.2 Å². The van der Waals surface area contributed by atoms with E-state index in [1.54, 1.807) is 5.57 Å². The van der Waals surface area contributed by atoms with Crippen molar-refractivity contribution in [1.29, 1.82) is 0 Å². The summed E-state index contributed by atoms with van der Waals surface area (Å²) in [6.07, 6.45) is 6.75. The van der Waals surface area contributed by atoms with Crippen molar-refractivity contribution < 1.29 is 0 Å². The van der Waals surface area contributed by atoms with Gasteiger partial charge in [0.25, 0.3) is 0 Å². The van der Waals surface area contributed by atoms with Gasteiger partial charge in [0.2, 0.25) is 0 Å². The molecule has 0 amide bonds. The van der Waals surface area contributed by atoms with E-state index in [4.69, 9.17) is 0 Å². The summed E-state index contributed by atoms with van der Waals surface area (Å²) >= 11 is 2.07. The summed E-state index contributed by atoms with van der Waals surface area (Å²) in [6.45, 7) is 5.67. The molecule has 2 heteroatoms. The lowest BCUT2D eigenvalue weighted by Gasteiger charge is -2.18. The molecule has 0 spiro atoms. The van der Waals surface area contributed by atoms with Gasteiger partial charge in [0.1, 0.15) is 0 Å². The van der Waals surface area contributed by atoms with Gasteiger partial charge in [-0.2, -0.15) is 0 Å². The van der Waals surface area contributed by atoms with E-state index in [-0.39, 0.29) is 0 Å². The molecule has 72 valence electrons. The normalized spacial score (nSPS) is 33.0. The van der Waals surface area contributed by atoms with Crippen LogP contribution in [0.15, 0.2) is 23.8 Å². The Bertz CT molecular complexity index is 242. The second-order valence-electron chi connectivity index (χ2n) is 4.11. The van der Waals surface area contributed by atoms with Gasteiger partial charge < -0.3 is 5.32 Å². The van der Waals surface area contributed by atoms with Crippen molar-refractivity contribution in [3.63, 3.8) is 0 Å². The van der Waals surface area contributed by atoms with Gasteiger partial charge in [-0.15, -0.1) is 11.8 Å². The number of nitrogens with one attached hydrogen (secondary N) is 1. The Hall–Kier alpha value is -0.210. The SMILES string of the molecule is CC(C)[C@H]1CSC2C=CC=C2CN1. The fraction of sp³-hybridized carbons (Fsp3) is 0.636. The van der Waals surface area contributed by atoms with Crippen LogP contribution in [0.3, 0.4) is 0 Å². The first-order chi connectivity index (χ1) is 6.27. The zero-order chi connectivity index (χ0) is 9.26. The molecule has 0 aromatic rings. The Morgan fingerprint density at radius 1 is 1.54 bits per heavy atom. The maximum atomic E-state index is 3.62. The topological polar surface area (TPSA) is 12.0 Å². The van der Waals surface area contributed by atoms with Crippen LogP contribution in [0.25, 0.3) is 0 Å². The molecule has 0 radical (unpaired) electrons. The van der Waals surface area contributed by atoms with Gasteiger partial charge in [0.15, 0.2) is 0 Å². The van der Waals surface area contributed by atoms with Crippen LogP contribution in [0, 0.1) is 5.92 Å². The van der Waals surface area contributed by atoms with Crippen LogP contribution in [-0.4, -0.2) is 23.6 Å². The van der Waals surface area contributed by atoms with Gasteiger partial charge in [0.05, 0.1) is 0 Å². The minimum Gasteiger partial charge on any atom is -0.309 e. The fourth-order valence-electron chi connectivity index (χ4n) is 1.76. The Morgan fingerprint density at radius 3 is 3.15 bits per heavy atom. The largest absolute Gasteiger partial charge is 0.309 e. The highest BCUT2D eigenvalue weighted by Crippen LogP contribution is 2.29. The molecule has 1 fully saturated rings. The van der Waals surface area contributed by atoms with Gasteiger partial charge in [0, 0.05) is 23.6 Å². The molecule has 2 aliphatic rings. The van der Waals surface area contributed by atoms with Crippen LogP contribution < -0.4 is 5.32 Å². The first kappa shape index (κ1) is 9.35. The monoisotopic (exact) mass is 195 g/mol. The Kier molecular flexibility index (Phi) is 2.80. The van der Waals surface area contributed by atoms with Gasteiger partial charge in [-0.1, -0.05) is 32.1 Å². The minimum absolute atomic E-state index is 0.663. The number of thioether (sulfide) groups is 1. The third-order valence-electron chi connectivity index (χ3n) is 2.79. The van der Waals surface area contributed by atoms with Crippen LogP contribution in [0.5, 0.6) is 0 Å². The quantitative estimate of drug-likeness (QED) is 0.688. The highest BCUT2D eigenvalue weighted by molar-refractivity contribution is 8.00. The summed E-state index contributed by atoms with van der Waals surface area (Å²) in [7, 11) is 0. The van der Waals surface area contributed by atoms with Gasteiger partial charge in [-0.05, 0) is 11.5 Å². The van der Waals surface area contributed by atoms with Crippen molar-refractivity contribution >= 4 is 11.8 Å². The Morgan fingerprint density at radius 2 is 2.38 bits per heavy atom. The molecule has 0 aromatic carbocycles. The van der Waals surface area contributed by atoms with Crippen LogP contribution in [0.4, 0.5) is 0 Å². The maximum absolute atomic E-state index is 3.62. The van der Waals surface area contributed by atoms with Crippen LogP contribution in [-0.2, 0) is 0 Å². The molecule has 0 saturated carbocycles. The predicted molar refractivity (Wildman–Crippen MR) is 60.1 cm³/mol. The maximum Gasteiger partial charge on any atom is 0.0456 e. The van der Waals surface area contributed by atoms with Crippen LogP contribution in [0.2, 0.25) is 0 Å². The first-order valence-corrected chi connectivity index (χ1v) is 6.04. The Balaban J connectivity index is 2.00. The van der Waals surface area contributed by atoms with Gasteiger partial charge in [-0.25, -0.2) is 0 Å². The third-order valence-corrected chi connectivity index (χ3v) is 4.16. The van der Waals surface area contributed by atoms with E-state index in [0.717, 1.165) is 12.5 Å². The lowest BCUT2D eigenvalue weighted by atomic mass is 10.1. The van der Waals surface area contributed by atoms with Crippen molar-refractivity contribution in [2.24, 2.45) is 5.92 Å². The number of fused-ring (bicyclic) bond motifs is 1. The van der Waals surface area contributed by atoms with E-state index in [1.165, 1.54) is 5.75 Å². The molecule has 13 heavy (non-hydrogen) atoms. The van der Waals surface area contributed by atoms with Crippen molar-refractivity contribution in [2.75, 3.05) is 12.3 Å². The van der Waals surface area contributed by atoms with Crippen molar-refractivity contribution in [3.8, 4) is 0 Å². The molecule has 2 atom stereocenters. The van der Waals surface area contributed by atoms with Gasteiger partial charge >= 0.3 is 0 Å². The molecule has 1 N–H and O–H groups in total.